The van der Waals surface area contributed by atoms with Crippen molar-refractivity contribution in [2.45, 2.75) is 18.9 Å². The lowest BCUT2D eigenvalue weighted by atomic mass is 9.76. The number of amidine groups is 1. The van der Waals surface area contributed by atoms with E-state index in [0.29, 0.717) is 27.9 Å². The average molecular weight is 452 g/mol. The van der Waals surface area contributed by atoms with E-state index in [1.54, 1.807) is 6.07 Å². The molecule has 174 valence electrons. The first-order chi connectivity index (χ1) is 15.9. The molecule has 0 aromatic heterocycles. The molecule has 0 radical (unpaired) electrons. The highest BCUT2D eigenvalue weighted by atomic mass is 16.5. The van der Waals surface area contributed by atoms with Gasteiger partial charge in [-0.2, -0.15) is 4.99 Å². The normalized spacial score (nSPS) is 29.5. The summed E-state index contributed by atoms with van der Waals surface area (Å²) >= 11 is 0. The van der Waals surface area contributed by atoms with Crippen molar-refractivity contribution in [2.24, 2.45) is 15.9 Å². The van der Waals surface area contributed by atoms with E-state index in [0.717, 1.165) is 61.8 Å². The van der Waals surface area contributed by atoms with Crippen LogP contribution in [0.5, 0.6) is 5.75 Å². The van der Waals surface area contributed by atoms with Gasteiger partial charge in [0.15, 0.2) is 5.70 Å². The largest absolute Gasteiger partial charge is 0.495 e. The number of fused-ring (bicyclic) bond motifs is 1. The van der Waals surface area contributed by atoms with Gasteiger partial charge in [-0.05, 0) is 38.1 Å². The van der Waals surface area contributed by atoms with Gasteiger partial charge < -0.3 is 14.7 Å². The highest BCUT2D eigenvalue weighted by Crippen LogP contribution is 2.45. The van der Waals surface area contributed by atoms with Gasteiger partial charge in [0.25, 0.3) is 0 Å². The second kappa shape index (κ2) is 8.40. The molecule has 1 aromatic rings. The number of nitrogens with zero attached hydrogens (tertiary/aromatic N) is 5. The van der Waals surface area contributed by atoms with Crippen molar-refractivity contribution in [3.05, 3.63) is 47.6 Å². The van der Waals surface area contributed by atoms with Crippen LogP contribution in [0.2, 0.25) is 0 Å². The number of carbonyl (C=O) groups is 1. The number of amides is 1. The maximum atomic E-state index is 11.1. The predicted octanol–water partition coefficient (Wildman–Crippen LogP) is 2.79. The summed E-state index contributed by atoms with van der Waals surface area (Å²) < 4.78 is 5.90. The van der Waals surface area contributed by atoms with Crippen LogP contribution in [0.15, 0.2) is 52.0 Å². The van der Waals surface area contributed by atoms with Crippen molar-refractivity contribution in [1.82, 2.24) is 9.80 Å². The van der Waals surface area contributed by atoms with Crippen molar-refractivity contribution in [1.29, 1.82) is 0 Å². The summed E-state index contributed by atoms with van der Waals surface area (Å²) in [6.45, 7) is 4.56. The summed E-state index contributed by atoms with van der Waals surface area (Å²) in [5, 5.41) is 11.5. The molecule has 1 aliphatic carbocycles. The number of methoxy groups -OCH3 is 1. The quantitative estimate of drug-likeness (QED) is 0.672. The fourth-order valence-corrected chi connectivity index (χ4v) is 5.23. The van der Waals surface area contributed by atoms with Crippen LogP contribution in [0.4, 0.5) is 10.5 Å². The number of aliphatic imine (C=N–C) groups is 2. The summed E-state index contributed by atoms with van der Waals surface area (Å²) in [7, 11) is 5.85. The van der Waals surface area contributed by atoms with Crippen LogP contribution in [-0.4, -0.2) is 91.0 Å². The summed E-state index contributed by atoms with van der Waals surface area (Å²) in [6.07, 6.45) is 6.93. The third kappa shape index (κ3) is 3.86. The highest BCUT2D eigenvalue weighted by molar-refractivity contribution is 6.01. The molecular weight excluding hydrogens is 420 g/mol. The number of likely N-dealkylation sites (N-methyl/N-ethyl adjacent to an activating group) is 1. The maximum absolute atomic E-state index is 11.1. The summed E-state index contributed by atoms with van der Waals surface area (Å²) in [4.78, 5) is 25.7. The van der Waals surface area contributed by atoms with Gasteiger partial charge in [-0.25, -0.2) is 9.28 Å². The molecule has 1 atom stereocenters. The maximum Gasteiger partial charge on any atom is 0.409 e. The third-order valence-electron chi connectivity index (χ3n) is 7.33. The van der Waals surface area contributed by atoms with Gasteiger partial charge in [-0.1, -0.05) is 0 Å². The number of carboxylic acid groups (broad SMARTS) is 1. The van der Waals surface area contributed by atoms with Crippen molar-refractivity contribution in [2.75, 3.05) is 52.7 Å². The first-order valence-corrected chi connectivity index (χ1v) is 11.4. The summed E-state index contributed by atoms with van der Waals surface area (Å²) in [6, 6.07) is 6.10. The molecule has 2 N–H and O–H groups in total. The topological polar surface area (TPSA) is 89.8 Å². The highest BCUT2D eigenvalue weighted by Gasteiger charge is 2.47. The second-order valence-corrected chi connectivity index (χ2v) is 9.36. The molecule has 9 nitrogen and oxygen atoms in total. The number of benzene rings is 1. The van der Waals surface area contributed by atoms with Crippen LogP contribution in [0.1, 0.15) is 18.4 Å². The van der Waals surface area contributed by atoms with Crippen LogP contribution >= 0.6 is 0 Å². The average Bonchev–Trinajstić information content (AvgIpc) is 3.07. The van der Waals surface area contributed by atoms with E-state index in [-0.39, 0.29) is 0 Å². The fraction of sp³-hybridized carbons (Fsp3) is 0.458. The minimum Gasteiger partial charge on any atom is -0.495 e. The Bertz CT molecular complexity index is 1080. The Kier molecular flexibility index (Phi) is 5.55. The third-order valence-corrected chi connectivity index (χ3v) is 7.33. The van der Waals surface area contributed by atoms with E-state index in [4.69, 9.17) is 14.8 Å². The van der Waals surface area contributed by atoms with E-state index < -0.39 is 6.09 Å². The number of piperazine rings is 1. The molecule has 9 heteroatoms. The zero-order valence-corrected chi connectivity index (χ0v) is 19.4. The first kappa shape index (κ1) is 21.8. The number of anilines is 1. The molecule has 0 spiro atoms. The minimum absolute atomic E-state index is 0.410. The molecule has 1 unspecified atom stereocenters. The van der Waals surface area contributed by atoms with Crippen molar-refractivity contribution in [3.63, 3.8) is 0 Å². The first-order valence-electron chi connectivity index (χ1n) is 11.4. The summed E-state index contributed by atoms with van der Waals surface area (Å²) in [5.74, 6) is 1.78. The van der Waals surface area contributed by atoms with Gasteiger partial charge in [0.05, 0.1) is 37.8 Å². The molecule has 1 amide bonds. The monoisotopic (exact) mass is 451 g/mol. The number of hydrogen-bond donors (Lipinski definition) is 2. The molecule has 0 bridgehead atoms. The van der Waals surface area contributed by atoms with E-state index in [2.05, 4.69) is 34.2 Å². The van der Waals surface area contributed by atoms with E-state index in [9.17, 15) is 4.79 Å². The van der Waals surface area contributed by atoms with E-state index in [1.807, 2.05) is 30.7 Å². The smallest absolute Gasteiger partial charge is 0.409 e. The predicted molar refractivity (Wildman–Crippen MR) is 128 cm³/mol. The number of ether oxygens (including phenoxy) is 1. The van der Waals surface area contributed by atoms with Crippen LogP contribution in [0.3, 0.4) is 0 Å². The van der Waals surface area contributed by atoms with Gasteiger partial charge in [0.2, 0.25) is 5.84 Å². The minimum atomic E-state index is -1.13. The van der Waals surface area contributed by atoms with Gasteiger partial charge in [-0.15, -0.1) is 0 Å². The van der Waals surface area contributed by atoms with Crippen molar-refractivity contribution in [3.8, 4) is 5.75 Å². The molecular formula is C24H31N6O3+. The molecule has 1 saturated heterocycles. The zero-order valence-electron chi connectivity index (χ0n) is 19.4. The molecule has 3 aliphatic heterocycles. The SMILES string of the molecule is COc1cc(C2=NC(C3CC(N4CCN(C)CC4)C3)=C3C=NC=C[N+]23C)ccc1NC(=O)O. The Hall–Kier alpha value is -3.01. The number of quaternary nitrogens is 1. The lowest BCUT2D eigenvalue weighted by molar-refractivity contribution is -0.713. The van der Waals surface area contributed by atoms with Gasteiger partial charge in [0, 0.05) is 38.1 Å². The molecule has 3 heterocycles. The van der Waals surface area contributed by atoms with E-state index in [1.165, 1.54) is 7.11 Å². The van der Waals surface area contributed by atoms with Crippen LogP contribution in [0, 0.1) is 5.92 Å². The Morgan fingerprint density at radius 3 is 2.70 bits per heavy atom. The van der Waals surface area contributed by atoms with Gasteiger partial charge in [0.1, 0.15) is 17.6 Å². The molecule has 1 aromatic carbocycles. The Labute approximate surface area is 193 Å². The Morgan fingerprint density at radius 2 is 2.00 bits per heavy atom. The summed E-state index contributed by atoms with van der Waals surface area (Å²) in [5.41, 5.74) is 3.54. The van der Waals surface area contributed by atoms with Crippen LogP contribution in [-0.2, 0) is 0 Å². The standard InChI is InChI=1S/C24H30N6O3/c1-28-7-9-29(10-8-28)18-12-17(13-18)22-20-15-25-6-11-30(20,2)23(27-22)16-4-5-19(26-24(31)32)21(14-16)33-3/h4-6,11,14-15,17-18H,7-10,12-13H2,1-3H3,(H-,25,26,27,31,32)/p+1. The lowest BCUT2D eigenvalue weighted by Gasteiger charge is -2.45. The molecule has 4 aliphatic rings. The van der Waals surface area contributed by atoms with Gasteiger partial charge >= 0.3 is 6.09 Å². The molecule has 33 heavy (non-hydrogen) atoms. The van der Waals surface area contributed by atoms with Gasteiger partial charge in [-0.3, -0.25) is 15.2 Å². The second-order valence-electron chi connectivity index (χ2n) is 9.36. The molecule has 5 rings (SSSR count). The number of nitrogens with one attached hydrogen (secondary N) is 1. The Balaban J connectivity index is 1.41. The fourth-order valence-electron chi connectivity index (χ4n) is 5.23. The number of hydrogen-bond acceptors (Lipinski definition) is 6. The number of allylic oxidation sites excluding steroid dienone is 2. The van der Waals surface area contributed by atoms with Crippen molar-refractivity contribution >= 4 is 23.8 Å². The number of rotatable bonds is 5. The van der Waals surface area contributed by atoms with Crippen LogP contribution in [0.25, 0.3) is 0 Å². The zero-order chi connectivity index (χ0) is 23.2. The molecule has 1 saturated carbocycles. The molecule has 2 fully saturated rings. The Morgan fingerprint density at radius 1 is 1.24 bits per heavy atom. The van der Waals surface area contributed by atoms with E-state index >= 15 is 0 Å². The lowest BCUT2D eigenvalue weighted by Crippen LogP contribution is -2.53. The van der Waals surface area contributed by atoms with Crippen LogP contribution < -0.4 is 10.1 Å². The van der Waals surface area contributed by atoms with Crippen molar-refractivity contribution < 1.29 is 19.1 Å².